The van der Waals surface area contributed by atoms with Crippen LogP contribution in [0.25, 0.3) is 0 Å². The zero-order chi connectivity index (χ0) is 19.5. The molecule has 0 radical (unpaired) electrons. The van der Waals surface area contributed by atoms with Gasteiger partial charge in [-0.3, -0.25) is 0 Å². The van der Waals surface area contributed by atoms with Gasteiger partial charge in [-0.1, -0.05) is 0 Å². The van der Waals surface area contributed by atoms with Crippen molar-refractivity contribution in [2.45, 2.75) is 6.92 Å². The largest absolute Gasteiger partial charge is 0.379 e. The van der Waals surface area contributed by atoms with Crippen molar-refractivity contribution in [1.29, 1.82) is 0 Å². The van der Waals surface area contributed by atoms with E-state index >= 15 is 0 Å². The molecule has 0 amide bonds. The van der Waals surface area contributed by atoms with Gasteiger partial charge < -0.3 is 37.6 Å². The molecule has 27 heavy (non-hydrogen) atoms. The first-order chi connectivity index (χ1) is 13.3. The Morgan fingerprint density at radius 1 is 0.593 bits per heavy atom. The minimum absolute atomic E-state index is 0.581. The van der Waals surface area contributed by atoms with Gasteiger partial charge in [-0.2, -0.15) is 0 Å². The zero-order valence-electron chi connectivity index (χ0n) is 17.3. The van der Waals surface area contributed by atoms with Gasteiger partial charge in [0, 0.05) is 6.61 Å². The van der Waals surface area contributed by atoms with E-state index in [9.17, 15) is 0 Å². The molecule has 1 saturated heterocycles. The van der Waals surface area contributed by atoms with Crippen LogP contribution < -0.4 is 0 Å². The van der Waals surface area contributed by atoms with Crippen molar-refractivity contribution < 1.29 is 37.6 Å². The number of hydrogen-bond donors (Lipinski definition) is 0. The Morgan fingerprint density at radius 2 is 1.00 bits per heavy atom. The average Bonchev–Trinajstić information content (AvgIpc) is 2.66. The molecular weight excluding hydrogens is 354 g/mol. The molecule has 8 heteroatoms. The summed E-state index contributed by atoms with van der Waals surface area (Å²) in [5, 5.41) is 0. The Bertz CT molecular complexity index is 302. The average molecular weight is 395 g/mol. The van der Waals surface area contributed by atoms with Crippen LogP contribution in [0.1, 0.15) is 6.92 Å². The molecule has 1 heterocycles. The third kappa shape index (κ3) is 15.3. The summed E-state index contributed by atoms with van der Waals surface area (Å²) >= 11 is 0. The second kappa shape index (κ2) is 17.8. The molecule has 0 unspecified atom stereocenters. The zero-order valence-corrected chi connectivity index (χ0v) is 17.3. The quantitative estimate of drug-likeness (QED) is 0.462. The number of nitrogens with zero attached hydrogens (tertiary/aromatic N) is 1. The highest BCUT2D eigenvalue weighted by Gasteiger charge is 2.21. The number of likely N-dealkylation sites (N-methyl/N-ethyl adjacent to an activating group) is 1. The van der Waals surface area contributed by atoms with Crippen LogP contribution >= 0.6 is 0 Å². The minimum atomic E-state index is 0.581. The molecule has 0 spiro atoms. The topological polar surface area (TPSA) is 64.6 Å². The summed E-state index contributed by atoms with van der Waals surface area (Å²) in [7, 11) is 2.22. The van der Waals surface area contributed by atoms with Gasteiger partial charge in [-0.05, 0) is 6.92 Å². The van der Waals surface area contributed by atoms with Crippen molar-refractivity contribution in [3.63, 3.8) is 0 Å². The third-order valence-corrected chi connectivity index (χ3v) is 4.39. The van der Waals surface area contributed by atoms with Gasteiger partial charge in [0.1, 0.15) is 19.6 Å². The molecule has 1 rings (SSSR count). The molecule has 8 nitrogen and oxygen atoms in total. The fourth-order valence-electron chi connectivity index (χ4n) is 2.54. The number of ether oxygens (including phenoxy) is 7. The predicted octanol–water partition coefficient (Wildman–Crippen LogP) is 0.583. The van der Waals surface area contributed by atoms with E-state index < -0.39 is 0 Å². The van der Waals surface area contributed by atoms with Gasteiger partial charge in [-0.25, -0.2) is 0 Å². The lowest BCUT2D eigenvalue weighted by molar-refractivity contribution is -0.910. The Morgan fingerprint density at radius 3 is 1.44 bits per heavy atom. The normalized spacial score (nSPS) is 22.0. The predicted molar refractivity (Wildman–Crippen MR) is 102 cm³/mol. The summed E-state index contributed by atoms with van der Waals surface area (Å²) in [4.78, 5) is 0. The van der Waals surface area contributed by atoms with Gasteiger partial charge in [-0.15, -0.1) is 0 Å². The lowest BCUT2D eigenvalue weighted by atomic mass is 10.3. The van der Waals surface area contributed by atoms with E-state index in [1.807, 2.05) is 6.92 Å². The van der Waals surface area contributed by atoms with E-state index in [0.717, 1.165) is 30.7 Å². The van der Waals surface area contributed by atoms with Crippen LogP contribution in [0.2, 0.25) is 0 Å². The molecule has 1 fully saturated rings. The van der Waals surface area contributed by atoms with E-state index in [-0.39, 0.29) is 0 Å². The van der Waals surface area contributed by atoms with Gasteiger partial charge in [0.05, 0.1) is 92.9 Å². The van der Waals surface area contributed by atoms with Crippen LogP contribution in [0.5, 0.6) is 0 Å². The van der Waals surface area contributed by atoms with Crippen LogP contribution in [0.4, 0.5) is 0 Å². The molecular formula is C19H40NO7+. The van der Waals surface area contributed by atoms with E-state index in [1.165, 1.54) is 0 Å². The van der Waals surface area contributed by atoms with Crippen LogP contribution in [0, 0.1) is 0 Å². The monoisotopic (exact) mass is 394 g/mol. The van der Waals surface area contributed by atoms with Gasteiger partial charge in [0.15, 0.2) is 0 Å². The molecule has 0 saturated carbocycles. The molecule has 1 aliphatic heterocycles. The van der Waals surface area contributed by atoms with E-state index in [0.29, 0.717) is 85.9 Å². The Kier molecular flexibility index (Phi) is 16.3. The van der Waals surface area contributed by atoms with Gasteiger partial charge in [0.25, 0.3) is 0 Å². The summed E-state index contributed by atoms with van der Waals surface area (Å²) in [5.41, 5.74) is 0. The third-order valence-electron chi connectivity index (χ3n) is 4.39. The lowest BCUT2D eigenvalue weighted by Crippen LogP contribution is -2.50. The summed E-state index contributed by atoms with van der Waals surface area (Å²) < 4.78 is 39.7. The molecule has 0 N–H and O–H groups in total. The van der Waals surface area contributed by atoms with Crippen molar-refractivity contribution in [1.82, 2.24) is 0 Å². The molecule has 1 aliphatic rings. The fraction of sp³-hybridized carbons (Fsp3) is 1.00. The van der Waals surface area contributed by atoms with E-state index in [2.05, 4.69) is 7.05 Å². The number of hydrogen-bond acceptors (Lipinski definition) is 7. The maximum absolute atomic E-state index is 5.73. The highest BCUT2D eigenvalue weighted by molar-refractivity contribution is 4.44. The maximum atomic E-state index is 5.73. The summed E-state index contributed by atoms with van der Waals surface area (Å²) in [5.74, 6) is 0. The smallest absolute Gasteiger partial charge is 0.102 e. The fourth-order valence-corrected chi connectivity index (χ4v) is 2.54. The molecule has 0 aromatic rings. The van der Waals surface area contributed by atoms with Crippen LogP contribution in [-0.4, -0.2) is 124 Å². The van der Waals surface area contributed by atoms with Crippen molar-refractivity contribution in [3.8, 4) is 0 Å². The number of rotatable bonds is 7. The highest BCUT2D eigenvalue weighted by Crippen LogP contribution is 2.03. The first kappa shape index (κ1) is 24.7. The first-order valence-electron chi connectivity index (χ1n) is 10.1. The minimum Gasteiger partial charge on any atom is -0.379 e. The van der Waals surface area contributed by atoms with E-state index in [1.54, 1.807) is 0 Å². The first-order valence-corrected chi connectivity index (χ1v) is 10.1. The molecule has 0 aromatic carbocycles. The van der Waals surface area contributed by atoms with Gasteiger partial charge >= 0.3 is 0 Å². The van der Waals surface area contributed by atoms with Crippen molar-refractivity contribution in [3.05, 3.63) is 0 Å². The van der Waals surface area contributed by atoms with E-state index in [4.69, 9.17) is 33.2 Å². The molecule has 0 aromatic heterocycles. The highest BCUT2D eigenvalue weighted by atomic mass is 16.6. The molecule has 162 valence electrons. The maximum Gasteiger partial charge on any atom is 0.102 e. The molecule has 0 bridgehead atoms. The molecule has 0 aliphatic carbocycles. The Labute approximate surface area is 164 Å². The second-order valence-corrected chi connectivity index (χ2v) is 6.66. The van der Waals surface area contributed by atoms with Crippen LogP contribution in [0.3, 0.4) is 0 Å². The van der Waals surface area contributed by atoms with Crippen LogP contribution in [0.15, 0.2) is 0 Å². The lowest BCUT2D eigenvalue weighted by Gasteiger charge is -2.34. The number of quaternary nitrogens is 1. The standard InChI is InChI=1S/C19H40NO7/c1-3-21-10-11-22-7-4-20(2)5-8-23-12-14-25-16-18-27-19-17-26-15-13-24-9-6-20/h3-19H2,1-2H3/q+1. The van der Waals surface area contributed by atoms with Crippen molar-refractivity contribution in [2.24, 2.45) is 0 Å². The Balaban J connectivity index is 2.31. The van der Waals surface area contributed by atoms with Gasteiger partial charge in [0.2, 0.25) is 0 Å². The summed E-state index contributed by atoms with van der Waals surface area (Å²) in [6, 6.07) is 0. The van der Waals surface area contributed by atoms with Crippen LogP contribution in [-0.2, 0) is 33.2 Å². The SMILES string of the molecule is CCOCCOCC[N+]1(C)CCOCCOCCOCCOCCOCC1. The van der Waals surface area contributed by atoms with Crippen molar-refractivity contribution >= 4 is 0 Å². The summed E-state index contributed by atoms with van der Waals surface area (Å²) in [6.07, 6.45) is 0. The molecule has 0 atom stereocenters. The summed E-state index contributed by atoms with van der Waals surface area (Å²) in [6.45, 7) is 13.6. The van der Waals surface area contributed by atoms with Crippen molar-refractivity contribution in [2.75, 3.05) is 119 Å². The second-order valence-electron chi connectivity index (χ2n) is 6.66. The Hall–Kier alpha value is -0.320.